The van der Waals surface area contributed by atoms with Crippen LogP contribution < -0.4 is 5.32 Å². The van der Waals surface area contributed by atoms with Gasteiger partial charge in [0.1, 0.15) is 0 Å². The number of nitrogens with one attached hydrogen (secondary N) is 1. The Labute approximate surface area is 132 Å². The highest BCUT2D eigenvalue weighted by atomic mass is 79.9. The molecule has 0 bridgehead atoms. The Hall–Kier alpha value is -1.66. The fourth-order valence-corrected chi connectivity index (χ4v) is 2.83. The van der Waals surface area contributed by atoms with Crippen LogP contribution in [-0.2, 0) is 0 Å². The van der Waals surface area contributed by atoms with Crippen LogP contribution in [0, 0.1) is 0 Å². The van der Waals surface area contributed by atoms with E-state index < -0.39 is 5.97 Å². The lowest BCUT2D eigenvalue weighted by Crippen LogP contribution is -2.13. The van der Waals surface area contributed by atoms with E-state index in [4.69, 9.17) is 5.11 Å². The number of hydrogen-bond acceptors (Lipinski definition) is 2. The van der Waals surface area contributed by atoms with Crippen LogP contribution in [0.1, 0.15) is 20.7 Å². The van der Waals surface area contributed by atoms with Crippen LogP contribution in [0.2, 0.25) is 0 Å². The Morgan fingerprint density at radius 2 is 1.80 bits per heavy atom. The molecule has 102 valence electrons. The van der Waals surface area contributed by atoms with Crippen LogP contribution in [-0.4, -0.2) is 17.0 Å². The molecule has 0 saturated carbocycles. The minimum absolute atomic E-state index is 0.123. The Morgan fingerprint density at radius 3 is 2.45 bits per heavy atom. The summed E-state index contributed by atoms with van der Waals surface area (Å²) in [7, 11) is 0. The Kier molecular flexibility index (Phi) is 4.57. The lowest BCUT2D eigenvalue weighted by atomic mass is 10.2. The first-order chi connectivity index (χ1) is 9.47. The molecule has 0 spiro atoms. The molecular weight excluding hydrogens is 390 g/mol. The number of halogens is 2. The van der Waals surface area contributed by atoms with Gasteiger partial charge in [0.15, 0.2) is 0 Å². The van der Waals surface area contributed by atoms with Gasteiger partial charge >= 0.3 is 5.97 Å². The monoisotopic (exact) mass is 397 g/mol. The molecule has 0 saturated heterocycles. The molecule has 2 aromatic carbocycles. The summed E-state index contributed by atoms with van der Waals surface area (Å²) >= 11 is 6.62. The molecule has 0 unspecified atom stereocenters. The van der Waals surface area contributed by atoms with E-state index in [1.54, 1.807) is 30.3 Å². The maximum absolute atomic E-state index is 12.1. The summed E-state index contributed by atoms with van der Waals surface area (Å²) in [4.78, 5) is 23.0. The van der Waals surface area contributed by atoms with Crippen LogP contribution in [0.4, 0.5) is 5.69 Å². The van der Waals surface area contributed by atoms with Crippen LogP contribution in [0.25, 0.3) is 0 Å². The summed E-state index contributed by atoms with van der Waals surface area (Å²) < 4.78 is 1.51. The predicted octanol–water partition coefficient (Wildman–Crippen LogP) is 4.16. The van der Waals surface area contributed by atoms with Crippen molar-refractivity contribution >= 4 is 49.4 Å². The predicted molar refractivity (Wildman–Crippen MR) is 83.2 cm³/mol. The second-order valence-electron chi connectivity index (χ2n) is 3.96. The Balaban J connectivity index is 2.23. The fraction of sp³-hybridized carbons (Fsp3) is 0. The largest absolute Gasteiger partial charge is 0.478 e. The molecule has 0 aliphatic rings. The quantitative estimate of drug-likeness (QED) is 0.815. The van der Waals surface area contributed by atoms with Crippen molar-refractivity contribution in [2.24, 2.45) is 0 Å². The van der Waals surface area contributed by atoms with Crippen molar-refractivity contribution in [3.63, 3.8) is 0 Å². The average Bonchev–Trinajstić information content (AvgIpc) is 2.38. The van der Waals surface area contributed by atoms with Crippen molar-refractivity contribution < 1.29 is 14.7 Å². The number of anilines is 1. The molecule has 0 fully saturated rings. The fourth-order valence-electron chi connectivity index (χ4n) is 1.60. The van der Waals surface area contributed by atoms with Gasteiger partial charge in [0.2, 0.25) is 0 Å². The van der Waals surface area contributed by atoms with E-state index in [2.05, 4.69) is 37.2 Å². The molecule has 4 nitrogen and oxygen atoms in total. The molecule has 20 heavy (non-hydrogen) atoms. The number of carbonyl (C=O) groups is 2. The smallest absolute Gasteiger partial charge is 0.335 e. The summed E-state index contributed by atoms with van der Waals surface area (Å²) in [5.41, 5.74) is 1.02. The van der Waals surface area contributed by atoms with Crippen molar-refractivity contribution in [3.8, 4) is 0 Å². The van der Waals surface area contributed by atoms with Gasteiger partial charge in [0.05, 0.1) is 11.1 Å². The number of amides is 1. The van der Waals surface area contributed by atoms with Gasteiger partial charge in [-0.2, -0.15) is 0 Å². The van der Waals surface area contributed by atoms with Gasteiger partial charge in [-0.05, 0) is 52.3 Å². The minimum atomic E-state index is -1.04. The second-order valence-corrected chi connectivity index (χ2v) is 5.73. The van der Waals surface area contributed by atoms with E-state index in [1.165, 1.54) is 12.1 Å². The minimum Gasteiger partial charge on any atom is -0.478 e. The first-order valence-electron chi connectivity index (χ1n) is 5.57. The number of rotatable bonds is 3. The summed E-state index contributed by atoms with van der Waals surface area (Å²) in [5.74, 6) is -1.35. The lowest BCUT2D eigenvalue weighted by molar-refractivity contribution is 0.0696. The number of carboxylic acids is 1. The first kappa shape index (κ1) is 14.7. The van der Waals surface area contributed by atoms with Crippen molar-refractivity contribution in [3.05, 3.63) is 62.5 Å². The van der Waals surface area contributed by atoms with Crippen LogP contribution in [0.15, 0.2) is 51.4 Å². The number of carbonyl (C=O) groups excluding carboxylic acids is 1. The van der Waals surface area contributed by atoms with Crippen molar-refractivity contribution in [1.29, 1.82) is 0 Å². The lowest BCUT2D eigenvalue weighted by Gasteiger charge is -2.08. The number of carboxylic acid groups (broad SMARTS) is 1. The van der Waals surface area contributed by atoms with E-state index in [0.717, 1.165) is 4.47 Å². The van der Waals surface area contributed by atoms with Gasteiger partial charge < -0.3 is 10.4 Å². The Morgan fingerprint density at radius 1 is 1.05 bits per heavy atom. The number of hydrogen-bond donors (Lipinski definition) is 2. The number of benzene rings is 2. The molecule has 2 aromatic rings. The zero-order chi connectivity index (χ0) is 14.7. The third kappa shape index (κ3) is 3.46. The van der Waals surface area contributed by atoms with E-state index in [9.17, 15) is 9.59 Å². The standard InChI is InChI=1S/C14H9Br2NO3/c15-9-4-5-11(12(16)7-9)13(18)17-10-3-1-2-8(6-10)14(19)20/h1-7H,(H,17,18)(H,19,20). The highest BCUT2D eigenvalue weighted by molar-refractivity contribution is 9.11. The highest BCUT2D eigenvalue weighted by Gasteiger charge is 2.11. The zero-order valence-corrected chi connectivity index (χ0v) is 13.2. The first-order valence-corrected chi connectivity index (χ1v) is 7.16. The van der Waals surface area contributed by atoms with E-state index in [-0.39, 0.29) is 11.5 Å². The highest BCUT2D eigenvalue weighted by Crippen LogP contribution is 2.23. The summed E-state index contributed by atoms with van der Waals surface area (Å²) in [6.07, 6.45) is 0. The van der Waals surface area contributed by atoms with Gasteiger partial charge in [-0.3, -0.25) is 4.79 Å². The Bertz CT molecular complexity index is 686. The summed E-state index contributed by atoms with van der Waals surface area (Å²) in [5, 5.41) is 11.6. The van der Waals surface area contributed by atoms with Crippen molar-refractivity contribution in [2.75, 3.05) is 5.32 Å². The topological polar surface area (TPSA) is 66.4 Å². The molecule has 0 aliphatic heterocycles. The molecular formula is C14H9Br2NO3. The van der Waals surface area contributed by atoms with Crippen LogP contribution in [0.5, 0.6) is 0 Å². The van der Waals surface area contributed by atoms with Gasteiger partial charge in [0, 0.05) is 14.6 Å². The molecule has 0 heterocycles. The third-order valence-corrected chi connectivity index (χ3v) is 3.69. The molecule has 2 rings (SSSR count). The maximum Gasteiger partial charge on any atom is 0.335 e. The normalized spacial score (nSPS) is 10.1. The van der Waals surface area contributed by atoms with Crippen LogP contribution >= 0.6 is 31.9 Å². The second kappa shape index (κ2) is 6.19. The summed E-state index contributed by atoms with van der Waals surface area (Å²) in [6.45, 7) is 0. The molecule has 1 amide bonds. The SMILES string of the molecule is O=C(O)c1cccc(NC(=O)c2ccc(Br)cc2Br)c1. The van der Waals surface area contributed by atoms with Gasteiger partial charge in [-0.25, -0.2) is 4.79 Å². The third-order valence-electron chi connectivity index (χ3n) is 2.54. The zero-order valence-electron chi connectivity index (χ0n) is 10.1. The van der Waals surface area contributed by atoms with Gasteiger partial charge in [-0.15, -0.1) is 0 Å². The molecule has 6 heteroatoms. The molecule has 2 N–H and O–H groups in total. The molecule has 0 radical (unpaired) electrons. The molecule has 0 atom stereocenters. The molecule has 0 aromatic heterocycles. The van der Waals surface area contributed by atoms with Gasteiger partial charge in [-0.1, -0.05) is 22.0 Å². The maximum atomic E-state index is 12.1. The van der Waals surface area contributed by atoms with Gasteiger partial charge in [0.25, 0.3) is 5.91 Å². The van der Waals surface area contributed by atoms with Crippen molar-refractivity contribution in [1.82, 2.24) is 0 Å². The number of aromatic carboxylic acids is 1. The van der Waals surface area contributed by atoms with E-state index in [1.807, 2.05) is 0 Å². The van der Waals surface area contributed by atoms with Crippen molar-refractivity contribution in [2.45, 2.75) is 0 Å². The van der Waals surface area contributed by atoms with E-state index >= 15 is 0 Å². The van der Waals surface area contributed by atoms with Crippen LogP contribution in [0.3, 0.4) is 0 Å². The van der Waals surface area contributed by atoms with E-state index in [0.29, 0.717) is 15.7 Å². The summed E-state index contributed by atoms with van der Waals surface area (Å²) in [6, 6.07) is 11.3. The average molecular weight is 399 g/mol. The molecule has 0 aliphatic carbocycles.